The van der Waals surface area contributed by atoms with Crippen LogP contribution in [-0.2, 0) is 19.8 Å². The van der Waals surface area contributed by atoms with Crippen LogP contribution in [0.5, 0.6) is 11.5 Å². The zero-order valence-corrected chi connectivity index (χ0v) is 23.3. The molecule has 9 heteroatoms. The quantitative estimate of drug-likeness (QED) is 0.176. The molecule has 0 amide bonds. The summed E-state index contributed by atoms with van der Waals surface area (Å²) >= 11 is 18.0. The van der Waals surface area contributed by atoms with Crippen molar-refractivity contribution in [1.82, 2.24) is 9.78 Å². The van der Waals surface area contributed by atoms with E-state index in [1.165, 1.54) is 10.7 Å². The molecule has 1 N–H and O–H groups in total. The van der Waals surface area contributed by atoms with Crippen LogP contribution < -0.4 is 9.47 Å². The Labute approximate surface area is 246 Å². The Morgan fingerprint density at radius 1 is 0.700 bits per heavy atom. The number of aromatic nitrogens is 2. The summed E-state index contributed by atoms with van der Waals surface area (Å²) in [5, 5.41) is 16.4. The van der Waals surface area contributed by atoms with Gasteiger partial charge >= 0.3 is 5.97 Å². The molecule has 0 spiro atoms. The molecule has 0 aliphatic rings. The van der Waals surface area contributed by atoms with Gasteiger partial charge in [-0.15, -0.1) is 0 Å². The normalized spacial score (nSPS) is 10.9. The van der Waals surface area contributed by atoms with Crippen molar-refractivity contribution in [2.24, 2.45) is 0 Å². The number of benzene rings is 4. The minimum Gasteiger partial charge on any atom is -0.489 e. The lowest BCUT2D eigenvalue weighted by atomic mass is 10.1. The SMILES string of the molecule is O=C(O)c1cc(-c2ccc(OCc3ccc(Cl)cc3)cc2OCc2ccc(Cl)cc2)nn1Cc1ccc(Cl)cc1. The number of carboxylic acids is 1. The van der Waals surface area contributed by atoms with E-state index in [4.69, 9.17) is 44.3 Å². The molecule has 5 aromatic rings. The van der Waals surface area contributed by atoms with Gasteiger partial charge in [0.15, 0.2) is 0 Å². The van der Waals surface area contributed by atoms with Crippen LogP contribution in [0.2, 0.25) is 15.1 Å². The van der Waals surface area contributed by atoms with E-state index >= 15 is 0 Å². The Bertz CT molecular complexity index is 1620. The summed E-state index contributed by atoms with van der Waals surface area (Å²) < 4.78 is 13.7. The highest BCUT2D eigenvalue weighted by molar-refractivity contribution is 6.31. The van der Waals surface area contributed by atoms with Gasteiger partial charge in [-0.3, -0.25) is 4.68 Å². The van der Waals surface area contributed by atoms with Gasteiger partial charge in [0.2, 0.25) is 0 Å². The van der Waals surface area contributed by atoms with E-state index in [9.17, 15) is 9.90 Å². The van der Waals surface area contributed by atoms with Gasteiger partial charge in [-0.1, -0.05) is 71.2 Å². The molecule has 0 saturated heterocycles. The van der Waals surface area contributed by atoms with Gasteiger partial charge in [0.25, 0.3) is 0 Å². The second kappa shape index (κ2) is 12.5. The summed E-state index contributed by atoms with van der Waals surface area (Å²) in [5.74, 6) is -0.000219. The van der Waals surface area contributed by atoms with Crippen LogP contribution >= 0.6 is 34.8 Å². The molecule has 1 aromatic heterocycles. The predicted molar refractivity (Wildman–Crippen MR) is 157 cm³/mol. The molecule has 0 saturated carbocycles. The number of carbonyl (C=O) groups is 1. The van der Waals surface area contributed by atoms with Gasteiger partial charge in [0.05, 0.1) is 12.2 Å². The van der Waals surface area contributed by atoms with Crippen LogP contribution in [0, 0.1) is 0 Å². The van der Waals surface area contributed by atoms with E-state index in [1.54, 1.807) is 36.4 Å². The number of hydrogen-bond acceptors (Lipinski definition) is 4. The third kappa shape index (κ3) is 6.96. The lowest BCUT2D eigenvalue weighted by molar-refractivity contribution is 0.0684. The number of halogens is 3. The van der Waals surface area contributed by atoms with Gasteiger partial charge in [-0.05, 0) is 71.3 Å². The molecule has 0 radical (unpaired) electrons. The summed E-state index contributed by atoms with van der Waals surface area (Å²) in [6, 6.07) is 28.9. The molecule has 40 heavy (non-hydrogen) atoms. The van der Waals surface area contributed by atoms with Crippen LogP contribution in [0.15, 0.2) is 97.1 Å². The molecule has 202 valence electrons. The average molecular weight is 594 g/mol. The highest BCUT2D eigenvalue weighted by Crippen LogP contribution is 2.34. The number of aromatic carboxylic acids is 1. The number of ether oxygens (including phenoxy) is 2. The predicted octanol–water partition coefficient (Wildman–Crippen LogP) is 8.41. The topological polar surface area (TPSA) is 73.6 Å². The molecular weight excluding hydrogens is 571 g/mol. The highest BCUT2D eigenvalue weighted by atomic mass is 35.5. The zero-order valence-electron chi connectivity index (χ0n) is 21.1. The summed E-state index contributed by atoms with van der Waals surface area (Å²) in [6.07, 6.45) is 0. The first-order valence-corrected chi connectivity index (χ1v) is 13.4. The van der Waals surface area contributed by atoms with Crippen molar-refractivity contribution >= 4 is 40.8 Å². The molecule has 0 aliphatic heterocycles. The number of rotatable bonds is 10. The first-order chi connectivity index (χ1) is 19.3. The summed E-state index contributed by atoms with van der Waals surface area (Å²) in [6.45, 7) is 0.871. The average Bonchev–Trinajstić information content (AvgIpc) is 3.37. The second-order valence-corrected chi connectivity index (χ2v) is 10.3. The fourth-order valence-electron chi connectivity index (χ4n) is 4.02. The fraction of sp³-hybridized carbons (Fsp3) is 0.0968. The van der Waals surface area contributed by atoms with Gasteiger partial charge in [-0.25, -0.2) is 4.79 Å². The van der Waals surface area contributed by atoms with Gasteiger partial charge in [-0.2, -0.15) is 5.10 Å². The van der Waals surface area contributed by atoms with Crippen LogP contribution in [-0.4, -0.2) is 20.9 Å². The third-order valence-corrected chi connectivity index (χ3v) is 6.86. The summed E-state index contributed by atoms with van der Waals surface area (Å²) in [5.41, 5.74) is 3.89. The van der Waals surface area contributed by atoms with E-state index in [2.05, 4.69) is 5.10 Å². The first-order valence-electron chi connectivity index (χ1n) is 12.3. The Balaban J connectivity index is 1.45. The molecule has 5 rings (SSSR count). The smallest absolute Gasteiger partial charge is 0.354 e. The highest BCUT2D eigenvalue weighted by Gasteiger charge is 2.19. The first kappa shape index (κ1) is 27.6. The Morgan fingerprint density at radius 2 is 1.23 bits per heavy atom. The van der Waals surface area contributed by atoms with Crippen LogP contribution in [0.1, 0.15) is 27.2 Å². The molecule has 0 bridgehead atoms. The van der Waals surface area contributed by atoms with E-state index in [0.29, 0.717) is 44.4 Å². The Kier molecular flexibility index (Phi) is 8.60. The maximum absolute atomic E-state index is 12.1. The molecule has 6 nitrogen and oxygen atoms in total. The van der Waals surface area contributed by atoms with Gasteiger partial charge in [0, 0.05) is 26.7 Å². The van der Waals surface area contributed by atoms with Crippen molar-refractivity contribution < 1.29 is 19.4 Å². The zero-order chi connectivity index (χ0) is 28.1. The van der Waals surface area contributed by atoms with Crippen LogP contribution in [0.4, 0.5) is 0 Å². The van der Waals surface area contributed by atoms with Crippen molar-refractivity contribution in [3.63, 3.8) is 0 Å². The maximum Gasteiger partial charge on any atom is 0.354 e. The van der Waals surface area contributed by atoms with E-state index in [0.717, 1.165) is 16.7 Å². The van der Waals surface area contributed by atoms with Crippen LogP contribution in [0.3, 0.4) is 0 Å². The molecule has 1 heterocycles. The number of carboxylic acid groups (broad SMARTS) is 1. The number of hydrogen-bond donors (Lipinski definition) is 1. The van der Waals surface area contributed by atoms with E-state index in [-0.39, 0.29) is 18.8 Å². The van der Waals surface area contributed by atoms with Crippen molar-refractivity contribution in [3.05, 3.63) is 135 Å². The molecule has 0 aliphatic carbocycles. The number of nitrogens with zero attached hydrogens (tertiary/aromatic N) is 2. The van der Waals surface area contributed by atoms with Crippen molar-refractivity contribution in [2.75, 3.05) is 0 Å². The molecule has 4 aromatic carbocycles. The Morgan fingerprint density at radius 3 is 1.77 bits per heavy atom. The molecule has 0 fully saturated rings. The standard InChI is InChI=1S/C31H23Cl3N2O4/c32-23-7-1-20(2-8-23)17-36-29(31(37)38)16-28(35-36)27-14-13-26(39-18-21-3-9-24(33)10-4-21)15-30(27)40-19-22-5-11-25(34)12-6-22/h1-16H,17-19H2,(H,37,38). The lowest BCUT2D eigenvalue weighted by Crippen LogP contribution is -2.10. The fourth-order valence-corrected chi connectivity index (χ4v) is 4.39. The van der Waals surface area contributed by atoms with Crippen molar-refractivity contribution in [2.45, 2.75) is 19.8 Å². The second-order valence-electron chi connectivity index (χ2n) is 8.99. The molecule has 0 unspecified atom stereocenters. The minimum absolute atomic E-state index is 0.0525. The molecule has 0 atom stereocenters. The van der Waals surface area contributed by atoms with Crippen molar-refractivity contribution in [3.8, 4) is 22.8 Å². The Hall–Kier alpha value is -3.97. The lowest BCUT2D eigenvalue weighted by Gasteiger charge is -2.14. The monoisotopic (exact) mass is 592 g/mol. The summed E-state index contributed by atoms with van der Waals surface area (Å²) in [4.78, 5) is 12.1. The third-order valence-electron chi connectivity index (χ3n) is 6.10. The van der Waals surface area contributed by atoms with Crippen molar-refractivity contribution in [1.29, 1.82) is 0 Å². The largest absolute Gasteiger partial charge is 0.489 e. The molecular formula is C31H23Cl3N2O4. The minimum atomic E-state index is -1.08. The van der Waals surface area contributed by atoms with Gasteiger partial charge < -0.3 is 14.6 Å². The van der Waals surface area contributed by atoms with E-state index < -0.39 is 5.97 Å². The maximum atomic E-state index is 12.1. The van der Waals surface area contributed by atoms with Gasteiger partial charge in [0.1, 0.15) is 30.4 Å². The summed E-state index contributed by atoms with van der Waals surface area (Å²) in [7, 11) is 0. The van der Waals surface area contributed by atoms with E-state index in [1.807, 2.05) is 54.6 Å². The van der Waals surface area contributed by atoms with Crippen LogP contribution in [0.25, 0.3) is 11.3 Å².